The monoisotopic (exact) mass is 266 g/mol. The number of rotatable bonds is 6. The Morgan fingerprint density at radius 2 is 2.42 bits per heavy atom. The van der Waals surface area contributed by atoms with Crippen molar-refractivity contribution in [2.24, 2.45) is 5.92 Å². The highest BCUT2D eigenvalue weighted by atomic mass is 16.6. The van der Waals surface area contributed by atoms with Gasteiger partial charge in [-0.1, -0.05) is 0 Å². The minimum atomic E-state index is -0.446. The number of nitrogens with zero attached hydrogens (tertiary/aromatic N) is 1. The lowest BCUT2D eigenvalue weighted by Crippen LogP contribution is -2.09. The van der Waals surface area contributed by atoms with Crippen molar-refractivity contribution < 1.29 is 14.4 Å². The van der Waals surface area contributed by atoms with E-state index in [9.17, 15) is 10.1 Å². The molecule has 6 heteroatoms. The summed E-state index contributed by atoms with van der Waals surface area (Å²) in [5, 5.41) is 14.0. The predicted octanol–water partition coefficient (Wildman–Crippen LogP) is 2.44. The number of nitro groups is 1. The molecule has 2 rings (SSSR count). The molecule has 0 radical (unpaired) electrons. The molecule has 6 nitrogen and oxygen atoms in total. The first-order valence-electron chi connectivity index (χ1n) is 6.34. The lowest BCUT2D eigenvalue weighted by Gasteiger charge is -2.10. The van der Waals surface area contributed by atoms with Crippen LogP contribution in [0.25, 0.3) is 0 Å². The quantitative estimate of drug-likeness (QED) is 0.632. The third kappa shape index (κ3) is 3.57. The molecule has 1 N–H and O–H groups in total. The molecular formula is C13H18N2O4. The largest absolute Gasteiger partial charge is 0.490 e. The van der Waals surface area contributed by atoms with Gasteiger partial charge in [-0.2, -0.15) is 0 Å². The Hall–Kier alpha value is -1.82. The maximum absolute atomic E-state index is 10.8. The summed E-state index contributed by atoms with van der Waals surface area (Å²) in [6.45, 7) is 2.52. The third-order valence-electron chi connectivity index (χ3n) is 3.28. The Labute approximate surface area is 111 Å². The number of hydrogen-bond acceptors (Lipinski definition) is 5. The summed E-state index contributed by atoms with van der Waals surface area (Å²) in [7, 11) is 1.43. The van der Waals surface area contributed by atoms with E-state index in [4.69, 9.17) is 9.47 Å². The molecular weight excluding hydrogens is 248 g/mol. The second kappa shape index (κ2) is 6.38. The zero-order valence-electron chi connectivity index (χ0n) is 10.9. The molecule has 1 aliphatic heterocycles. The fraction of sp³-hybridized carbons (Fsp3) is 0.538. The van der Waals surface area contributed by atoms with E-state index in [1.165, 1.54) is 13.2 Å². The highest BCUT2D eigenvalue weighted by molar-refractivity contribution is 5.57. The average Bonchev–Trinajstić information content (AvgIpc) is 2.91. The van der Waals surface area contributed by atoms with Crippen LogP contribution in [0, 0.1) is 16.0 Å². The van der Waals surface area contributed by atoms with Gasteiger partial charge in [-0.3, -0.25) is 10.1 Å². The van der Waals surface area contributed by atoms with Crippen LogP contribution in [0.4, 0.5) is 11.4 Å². The van der Waals surface area contributed by atoms with E-state index in [1.54, 1.807) is 12.1 Å². The summed E-state index contributed by atoms with van der Waals surface area (Å²) >= 11 is 0. The van der Waals surface area contributed by atoms with Gasteiger partial charge in [0, 0.05) is 37.6 Å². The summed E-state index contributed by atoms with van der Waals surface area (Å²) in [5.74, 6) is 0.895. The van der Waals surface area contributed by atoms with Gasteiger partial charge in [0.05, 0.1) is 12.0 Å². The van der Waals surface area contributed by atoms with Crippen molar-refractivity contribution in [3.63, 3.8) is 0 Å². The van der Waals surface area contributed by atoms with Crippen molar-refractivity contribution in [1.82, 2.24) is 0 Å². The molecule has 0 saturated carbocycles. The second-order valence-electron chi connectivity index (χ2n) is 4.59. The standard InChI is InChI=1S/C13H18N2O4/c1-18-13-8-11(2-3-12(13)15(16)17)14-6-4-10-5-7-19-9-10/h2-3,8,10,14H,4-7,9H2,1H3. The highest BCUT2D eigenvalue weighted by Gasteiger charge is 2.16. The molecule has 0 spiro atoms. The van der Waals surface area contributed by atoms with E-state index < -0.39 is 4.92 Å². The summed E-state index contributed by atoms with van der Waals surface area (Å²) < 4.78 is 10.3. The zero-order valence-corrected chi connectivity index (χ0v) is 10.9. The maximum atomic E-state index is 10.8. The van der Waals surface area contributed by atoms with Gasteiger partial charge in [0.2, 0.25) is 0 Å². The molecule has 1 aromatic carbocycles. The fourth-order valence-electron chi connectivity index (χ4n) is 2.17. The predicted molar refractivity (Wildman–Crippen MR) is 71.7 cm³/mol. The molecule has 19 heavy (non-hydrogen) atoms. The van der Waals surface area contributed by atoms with Gasteiger partial charge >= 0.3 is 5.69 Å². The van der Waals surface area contributed by atoms with Gasteiger partial charge in [0.1, 0.15) is 0 Å². The number of anilines is 1. The fourth-order valence-corrected chi connectivity index (χ4v) is 2.17. The van der Waals surface area contributed by atoms with Crippen molar-refractivity contribution in [1.29, 1.82) is 0 Å². The van der Waals surface area contributed by atoms with E-state index in [1.807, 2.05) is 0 Å². The van der Waals surface area contributed by atoms with Gasteiger partial charge in [0.15, 0.2) is 5.75 Å². The number of nitrogens with one attached hydrogen (secondary N) is 1. The Bertz CT molecular complexity index is 444. The number of nitro benzene ring substituents is 1. The lowest BCUT2D eigenvalue weighted by atomic mass is 10.1. The minimum absolute atomic E-state index is 0.0164. The average molecular weight is 266 g/mol. The third-order valence-corrected chi connectivity index (χ3v) is 3.28. The van der Waals surface area contributed by atoms with E-state index in [-0.39, 0.29) is 11.4 Å². The van der Waals surface area contributed by atoms with Crippen LogP contribution >= 0.6 is 0 Å². The lowest BCUT2D eigenvalue weighted by molar-refractivity contribution is -0.385. The summed E-state index contributed by atoms with van der Waals surface area (Å²) in [6.07, 6.45) is 2.16. The van der Waals surface area contributed by atoms with Crippen molar-refractivity contribution in [3.8, 4) is 5.75 Å². The van der Waals surface area contributed by atoms with E-state index >= 15 is 0 Å². The number of ether oxygens (including phenoxy) is 2. The summed E-state index contributed by atoms with van der Waals surface area (Å²) in [5.41, 5.74) is 0.818. The molecule has 1 aliphatic rings. The van der Waals surface area contributed by atoms with Crippen LogP contribution in [0.2, 0.25) is 0 Å². The molecule has 104 valence electrons. The Kier molecular flexibility index (Phi) is 4.57. The molecule has 1 aromatic rings. The van der Waals surface area contributed by atoms with Gasteiger partial charge in [-0.15, -0.1) is 0 Å². The van der Waals surface area contributed by atoms with Crippen molar-refractivity contribution in [3.05, 3.63) is 28.3 Å². The molecule has 0 aromatic heterocycles. The molecule has 1 heterocycles. The van der Waals surface area contributed by atoms with Crippen LogP contribution in [-0.2, 0) is 4.74 Å². The van der Waals surface area contributed by atoms with E-state index in [0.717, 1.165) is 38.3 Å². The first-order valence-corrected chi connectivity index (χ1v) is 6.34. The first kappa shape index (κ1) is 13.6. The van der Waals surface area contributed by atoms with Gasteiger partial charge in [-0.05, 0) is 24.8 Å². The normalized spacial score (nSPS) is 18.3. The minimum Gasteiger partial charge on any atom is -0.490 e. The van der Waals surface area contributed by atoms with Crippen LogP contribution in [0.15, 0.2) is 18.2 Å². The van der Waals surface area contributed by atoms with Gasteiger partial charge in [-0.25, -0.2) is 0 Å². The molecule has 1 unspecified atom stereocenters. The van der Waals surface area contributed by atoms with Crippen molar-refractivity contribution >= 4 is 11.4 Å². The van der Waals surface area contributed by atoms with Gasteiger partial charge in [0.25, 0.3) is 0 Å². The van der Waals surface area contributed by atoms with Crippen LogP contribution in [-0.4, -0.2) is 31.8 Å². The maximum Gasteiger partial charge on any atom is 0.311 e. The second-order valence-corrected chi connectivity index (χ2v) is 4.59. The van der Waals surface area contributed by atoms with Crippen LogP contribution in [0.3, 0.4) is 0 Å². The van der Waals surface area contributed by atoms with Crippen LogP contribution < -0.4 is 10.1 Å². The topological polar surface area (TPSA) is 73.6 Å². The summed E-state index contributed by atoms with van der Waals surface area (Å²) in [6, 6.07) is 4.81. The number of benzene rings is 1. The Morgan fingerprint density at radius 1 is 1.58 bits per heavy atom. The van der Waals surface area contributed by atoms with Gasteiger partial charge < -0.3 is 14.8 Å². The molecule has 0 aliphatic carbocycles. The van der Waals surface area contributed by atoms with Crippen LogP contribution in [0.1, 0.15) is 12.8 Å². The highest BCUT2D eigenvalue weighted by Crippen LogP contribution is 2.29. The van der Waals surface area contributed by atoms with Crippen LogP contribution in [0.5, 0.6) is 5.75 Å². The molecule has 0 amide bonds. The van der Waals surface area contributed by atoms with Crippen molar-refractivity contribution in [2.45, 2.75) is 12.8 Å². The SMILES string of the molecule is COc1cc(NCCC2CCOC2)ccc1[N+](=O)[O-]. The molecule has 1 fully saturated rings. The summed E-state index contributed by atoms with van der Waals surface area (Å²) in [4.78, 5) is 10.3. The first-order chi connectivity index (χ1) is 9.20. The Balaban J connectivity index is 1.91. The molecule has 1 saturated heterocycles. The zero-order chi connectivity index (χ0) is 13.7. The molecule has 1 atom stereocenters. The molecule has 0 bridgehead atoms. The van der Waals surface area contributed by atoms with Crippen molar-refractivity contribution in [2.75, 3.05) is 32.2 Å². The number of methoxy groups -OCH3 is 1. The van der Waals surface area contributed by atoms with E-state index in [2.05, 4.69) is 5.32 Å². The number of hydrogen-bond donors (Lipinski definition) is 1. The smallest absolute Gasteiger partial charge is 0.311 e. The van der Waals surface area contributed by atoms with E-state index in [0.29, 0.717) is 5.92 Å². The Morgan fingerprint density at radius 3 is 3.05 bits per heavy atom.